The standard InChI is InChI=1S/C4H10O2.C2H4O3/c1-4(2,3)6-5;1-2(3)5-4/h5H,1-3H3;4H,1H3. The van der Waals surface area contributed by atoms with E-state index in [4.69, 9.17) is 10.5 Å². The van der Waals surface area contributed by atoms with Crippen molar-refractivity contribution in [3.8, 4) is 0 Å². The summed E-state index contributed by atoms with van der Waals surface area (Å²) in [6.07, 6.45) is 0. The van der Waals surface area contributed by atoms with Crippen LogP contribution in [0.4, 0.5) is 0 Å². The van der Waals surface area contributed by atoms with Gasteiger partial charge in [-0.2, -0.15) is 5.26 Å². The number of carbonyl (C=O) groups is 1. The molecular weight excluding hydrogens is 152 g/mol. The van der Waals surface area contributed by atoms with Gasteiger partial charge in [-0.3, -0.25) is 5.26 Å². The second kappa shape index (κ2) is 6.09. The fourth-order valence-electron chi connectivity index (χ4n) is 0. The SMILES string of the molecule is CC(=O)OO.CC(C)(C)OO. The fraction of sp³-hybridized carbons (Fsp3) is 0.833. The van der Waals surface area contributed by atoms with Gasteiger partial charge in [-0.15, -0.1) is 0 Å². The quantitative estimate of drug-likeness (QED) is 0.419. The molecule has 0 spiro atoms. The van der Waals surface area contributed by atoms with Gasteiger partial charge in [0.1, 0.15) is 0 Å². The molecule has 0 aliphatic rings. The Balaban J connectivity index is 0. The highest BCUT2D eigenvalue weighted by atomic mass is 17.1. The molecule has 5 nitrogen and oxygen atoms in total. The van der Waals surface area contributed by atoms with Crippen LogP contribution in [0.1, 0.15) is 27.7 Å². The van der Waals surface area contributed by atoms with Crippen LogP contribution in [0, 0.1) is 0 Å². The van der Waals surface area contributed by atoms with Crippen LogP contribution in [-0.2, 0) is 14.6 Å². The molecule has 0 aromatic carbocycles. The van der Waals surface area contributed by atoms with Gasteiger partial charge < -0.3 is 4.89 Å². The maximum atomic E-state index is 9.34. The summed E-state index contributed by atoms with van der Waals surface area (Å²) >= 11 is 0. The van der Waals surface area contributed by atoms with Gasteiger partial charge in [-0.05, 0) is 20.8 Å². The summed E-state index contributed by atoms with van der Waals surface area (Å²) in [4.78, 5) is 16.4. The first-order chi connectivity index (χ1) is 4.83. The lowest BCUT2D eigenvalue weighted by atomic mass is 10.2. The van der Waals surface area contributed by atoms with Gasteiger partial charge in [-0.25, -0.2) is 9.68 Å². The van der Waals surface area contributed by atoms with E-state index in [9.17, 15) is 4.79 Å². The van der Waals surface area contributed by atoms with Gasteiger partial charge in [0.2, 0.25) is 0 Å². The Morgan fingerprint density at radius 2 is 1.45 bits per heavy atom. The van der Waals surface area contributed by atoms with Gasteiger partial charge >= 0.3 is 5.97 Å². The van der Waals surface area contributed by atoms with Crippen molar-refractivity contribution in [2.75, 3.05) is 0 Å². The lowest BCUT2D eigenvalue weighted by Gasteiger charge is -2.10. The van der Waals surface area contributed by atoms with E-state index in [0.717, 1.165) is 6.92 Å². The zero-order valence-electron chi connectivity index (χ0n) is 7.12. The van der Waals surface area contributed by atoms with Gasteiger partial charge in [0.05, 0.1) is 5.60 Å². The Kier molecular flexibility index (Phi) is 7.18. The van der Waals surface area contributed by atoms with Gasteiger partial charge in [0.25, 0.3) is 0 Å². The van der Waals surface area contributed by atoms with Crippen LogP contribution in [0.2, 0.25) is 0 Å². The van der Waals surface area contributed by atoms with Crippen molar-refractivity contribution in [3.63, 3.8) is 0 Å². The van der Waals surface area contributed by atoms with E-state index in [-0.39, 0.29) is 0 Å². The van der Waals surface area contributed by atoms with E-state index in [1.54, 1.807) is 20.8 Å². The molecule has 0 bridgehead atoms. The molecule has 11 heavy (non-hydrogen) atoms. The summed E-state index contributed by atoms with van der Waals surface area (Å²) in [5, 5.41) is 15.2. The van der Waals surface area contributed by atoms with E-state index in [2.05, 4.69) is 9.78 Å². The van der Waals surface area contributed by atoms with Crippen LogP contribution in [0.25, 0.3) is 0 Å². The van der Waals surface area contributed by atoms with Crippen LogP contribution >= 0.6 is 0 Å². The summed E-state index contributed by atoms with van der Waals surface area (Å²) in [6, 6.07) is 0. The third-order valence-electron chi connectivity index (χ3n) is 0.402. The zero-order valence-corrected chi connectivity index (χ0v) is 7.12. The first-order valence-corrected chi connectivity index (χ1v) is 2.98. The molecule has 2 N–H and O–H groups in total. The fourth-order valence-corrected chi connectivity index (χ4v) is 0. The Labute approximate surface area is 65.4 Å². The minimum atomic E-state index is -0.690. The van der Waals surface area contributed by atoms with Crippen LogP contribution < -0.4 is 0 Å². The molecule has 68 valence electrons. The van der Waals surface area contributed by atoms with Crippen molar-refractivity contribution in [2.45, 2.75) is 33.3 Å². The third kappa shape index (κ3) is 26.7. The van der Waals surface area contributed by atoms with Crippen molar-refractivity contribution in [1.82, 2.24) is 0 Å². The molecule has 0 fully saturated rings. The normalized spacial score (nSPS) is 9.64. The van der Waals surface area contributed by atoms with Crippen molar-refractivity contribution >= 4 is 5.97 Å². The van der Waals surface area contributed by atoms with Crippen molar-refractivity contribution < 1.29 is 25.1 Å². The third-order valence-corrected chi connectivity index (χ3v) is 0.402. The average Bonchev–Trinajstić information content (AvgIpc) is 1.88. The second-order valence-corrected chi connectivity index (χ2v) is 2.79. The molecule has 0 unspecified atom stereocenters. The molecule has 0 aliphatic heterocycles. The van der Waals surface area contributed by atoms with Crippen LogP contribution in [-0.4, -0.2) is 22.1 Å². The molecule has 0 aromatic rings. The molecule has 0 heterocycles. The highest BCUT2D eigenvalue weighted by Crippen LogP contribution is 2.01. The maximum absolute atomic E-state index is 9.34. The van der Waals surface area contributed by atoms with Crippen molar-refractivity contribution in [1.29, 1.82) is 0 Å². The summed E-state index contributed by atoms with van der Waals surface area (Å²) in [5.41, 5.74) is -0.403. The topological polar surface area (TPSA) is 76.0 Å². The minimum Gasteiger partial charge on any atom is -0.301 e. The summed E-state index contributed by atoms with van der Waals surface area (Å²) < 4.78 is 0. The Bertz CT molecular complexity index is 104. The maximum Gasteiger partial charge on any atom is 0.339 e. The molecule has 0 aliphatic carbocycles. The molecular formula is C6H14O5. The Hall–Kier alpha value is -0.650. The number of hydrogen-bond donors (Lipinski definition) is 2. The van der Waals surface area contributed by atoms with Crippen LogP contribution in [0.3, 0.4) is 0 Å². The van der Waals surface area contributed by atoms with Gasteiger partial charge in [0, 0.05) is 6.92 Å². The zero-order chi connectivity index (χ0) is 9.49. The lowest BCUT2D eigenvalue weighted by Crippen LogP contribution is -2.15. The predicted octanol–water partition coefficient (Wildman–Crippen LogP) is 1.30. The summed E-state index contributed by atoms with van der Waals surface area (Å²) in [6.45, 7) is 6.42. The van der Waals surface area contributed by atoms with E-state index >= 15 is 0 Å². The minimum absolute atomic E-state index is 0.403. The monoisotopic (exact) mass is 166 g/mol. The highest BCUT2D eigenvalue weighted by Gasteiger charge is 2.06. The smallest absolute Gasteiger partial charge is 0.301 e. The molecule has 0 amide bonds. The van der Waals surface area contributed by atoms with Gasteiger partial charge in [-0.1, -0.05) is 0 Å². The lowest BCUT2D eigenvalue weighted by molar-refractivity contribution is -0.306. The molecule has 0 rings (SSSR count). The number of hydrogen-bond acceptors (Lipinski definition) is 5. The number of carbonyl (C=O) groups excluding carboxylic acids is 1. The first kappa shape index (κ1) is 13.0. The van der Waals surface area contributed by atoms with Crippen LogP contribution in [0.15, 0.2) is 0 Å². The molecule has 0 saturated heterocycles. The highest BCUT2D eigenvalue weighted by molar-refractivity contribution is 5.64. The van der Waals surface area contributed by atoms with Crippen LogP contribution in [0.5, 0.6) is 0 Å². The molecule has 0 saturated carbocycles. The first-order valence-electron chi connectivity index (χ1n) is 2.98. The Morgan fingerprint density at radius 1 is 1.27 bits per heavy atom. The van der Waals surface area contributed by atoms with E-state index < -0.39 is 11.6 Å². The summed E-state index contributed by atoms with van der Waals surface area (Å²) in [7, 11) is 0. The number of rotatable bonds is 0. The van der Waals surface area contributed by atoms with E-state index in [1.807, 2.05) is 0 Å². The van der Waals surface area contributed by atoms with Crippen molar-refractivity contribution in [2.24, 2.45) is 0 Å². The van der Waals surface area contributed by atoms with E-state index in [1.165, 1.54) is 0 Å². The summed E-state index contributed by atoms with van der Waals surface area (Å²) in [5.74, 6) is -0.690. The second-order valence-electron chi connectivity index (χ2n) is 2.79. The largest absolute Gasteiger partial charge is 0.339 e. The van der Waals surface area contributed by atoms with Crippen molar-refractivity contribution in [3.05, 3.63) is 0 Å². The molecule has 0 atom stereocenters. The molecule has 0 radical (unpaired) electrons. The average molecular weight is 166 g/mol. The predicted molar refractivity (Wildman–Crippen MR) is 37.9 cm³/mol. The Morgan fingerprint density at radius 3 is 1.45 bits per heavy atom. The van der Waals surface area contributed by atoms with E-state index in [0.29, 0.717) is 0 Å². The molecule has 5 heteroatoms. The molecule has 0 aromatic heterocycles. The van der Waals surface area contributed by atoms with Gasteiger partial charge in [0.15, 0.2) is 0 Å².